The lowest BCUT2D eigenvalue weighted by atomic mass is 9.96. The van der Waals surface area contributed by atoms with Gasteiger partial charge in [-0.05, 0) is 55.8 Å². The van der Waals surface area contributed by atoms with Crippen molar-refractivity contribution in [2.45, 2.75) is 24.3 Å². The van der Waals surface area contributed by atoms with Crippen molar-refractivity contribution < 1.29 is 27.7 Å². The van der Waals surface area contributed by atoms with Crippen LogP contribution >= 0.6 is 0 Å². The normalized spacial score (nSPS) is 15.5. The highest BCUT2D eigenvalue weighted by molar-refractivity contribution is 7.89. The Balaban J connectivity index is 1.71. The molecule has 1 atom stereocenters. The monoisotopic (exact) mass is 379 g/mol. The van der Waals surface area contributed by atoms with Crippen LogP contribution in [0.4, 0.5) is 0 Å². The summed E-state index contributed by atoms with van der Waals surface area (Å²) in [6.07, 6.45) is 0. The molecule has 0 spiro atoms. The fourth-order valence-corrected chi connectivity index (χ4v) is 3.67. The molecule has 2 aromatic carbocycles. The van der Waals surface area contributed by atoms with E-state index in [-0.39, 0.29) is 18.2 Å². The Bertz CT molecular complexity index is 877. The molecule has 0 saturated heterocycles. The molecular weight excluding hydrogens is 358 g/mol. The molecule has 1 aliphatic heterocycles. The van der Waals surface area contributed by atoms with E-state index in [1.54, 1.807) is 30.3 Å². The van der Waals surface area contributed by atoms with Crippen molar-refractivity contribution in [3.63, 3.8) is 0 Å². The van der Waals surface area contributed by atoms with Crippen LogP contribution in [0, 0.1) is 0 Å². The number of nitrogens with one attached hydrogen (secondary N) is 1. The summed E-state index contributed by atoms with van der Waals surface area (Å²) in [5, 5.41) is 10.7. The van der Waals surface area contributed by atoms with Crippen molar-refractivity contribution in [3.05, 3.63) is 48.0 Å². The first-order chi connectivity index (χ1) is 12.3. The molecule has 2 aromatic rings. The van der Waals surface area contributed by atoms with E-state index in [9.17, 15) is 13.5 Å². The first kappa shape index (κ1) is 18.5. The molecule has 0 radical (unpaired) electrons. The minimum absolute atomic E-state index is 0.0995. The van der Waals surface area contributed by atoms with Gasteiger partial charge in [-0.25, -0.2) is 13.1 Å². The predicted octanol–water partition coefficient (Wildman–Crippen LogP) is 2.00. The Morgan fingerprint density at radius 2 is 1.85 bits per heavy atom. The SMILES string of the molecule is CCOc1ccc(S(=O)(=O)NCC(C)(O)c2ccc3c(c2)OCO3)cc1. The van der Waals surface area contributed by atoms with Gasteiger partial charge in [0, 0.05) is 6.54 Å². The van der Waals surface area contributed by atoms with E-state index >= 15 is 0 Å². The molecule has 0 aliphatic carbocycles. The molecule has 1 aliphatic rings. The Kier molecular flexibility index (Phi) is 5.08. The van der Waals surface area contributed by atoms with Gasteiger partial charge in [0.25, 0.3) is 0 Å². The van der Waals surface area contributed by atoms with E-state index in [1.165, 1.54) is 19.1 Å². The lowest BCUT2D eigenvalue weighted by molar-refractivity contribution is 0.0625. The van der Waals surface area contributed by atoms with E-state index < -0.39 is 15.6 Å². The third-order valence-electron chi connectivity index (χ3n) is 4.05. The molecule has 1 heterocycles. The van der Waals surface area contributed by atoms with Crippen LogP contribution in [0.3, 0.4) is 0 Å². The van der Waals surface area contributed by atoms with E-state index in [0.717, 1.165) is 0 Å². The molecule has 0 bridgehead atoms. The maximum atomic E-state index is 12.5. The van der Waals surface area contributed by atoms with E-state index in [4.69, 9.17) is 14.2 Å². The number of ether oxygens (including phenoxy) is 3. The number of sulfonamides is 1. The summed E-state index contributed by atoms with van der Waals surface area (Å²) >= 11 is 0. The van der Waals surface area contributed by atoms with Crippen LogP contribution in [-0.4, -0.2) is 33.5 Å². The smallest absolute Gasteiger partial charge is 0.240 e. The van der Waals surface area contributed by atoms with Crippen molar-refractivity contribution in [1.82, 2.24) is 4.72 Å². The molecule has 0 aromatic heterocycles. The Morgan fingerprint density at radius 1 is 1.15 bits per heavy atom. The van der Waals surface area contributed by atoms with Crippen molar-refractivity contribution in [1.29, 1.82) is 0 Å². The highest BCUT2D eigenvalue weighted by Gasteiger charge is 2.28. The maximum absolute atomic E-state index is 12.5. The van der Waals surface area contributed by atoms with Crippen molar-refractivity contribution in [2.24, 2.45) is 0 Å². The van der Waals surface area contributed by atoms with Gasteiger partial charge < -0.3 is 19.3 Å². The van der Waals surface area contributed by atoms with Gasteiger partial charge >= 0.3 is 0 Å². The molecule has 7 nitrogen and oxygen atoms in total. The number of aliphatic hydroxyl groups is 1. The van der Waals surface area contributed by atoms with Crippen LogP contribution in [0.2, 0.25) is 0 Å². The maximum Gasteiger partial charge on any atom is 0.240 e. The summed E-state index contributed by atoms with van der Waals surface area (Å²) in [5.74, 6) is 1.72. The van der Waals surface area contributed by atoms with Crippen LogP contribution in [0.5, 0.6) is 17.2 Å². The second-order valence-electron chi connectivity index (χ2n) is 6.07. The Hall–Kier alpha value is -2.29. The highest BCUT2D eigenvalue weighted by atomic mass is 32.2. The van der Waals surface area contributed by atoms with Gasteiger partial charge in [-0.3, -0.25) is 0 Å². The van der Waals surface area contributed by atoms with Crippen LogP contribution in [0.15, 0.2) is 47.4 Å². The lowest BCUT2D eigenvalue weighted by Crippen LogP contribution is -2.38. The summed E-state index contributed by atoms with van der Waals surface area (Å²) in [4.78, 5) is 0.0995. The predicted molar refractivity (Wildman–Crippen MR) is 94.9 cm³/mol. The minimum Gasteiger partial charge on any atom is -0.494 e. The third-order valence-corrected chi connectivity index (χ3v) is 5.46. The average Bonchev–Trinajstić information content (AvgIpc) is 3.09. The minimum atomic E-state index is -3.77. The molecule has 1 unspecified atom stereocenters. The number of hydrogen-bond donors (Lipinski definition) is 2. The quantitative estimate of drug-likeness (QED) is 0.764. The number of rotatable bonds is 7. The van der Waals surface area contributed by atoms with Gasteiger partial charge in [0.05, 0.1) is 11.5 Å². The second-order valence-corrected chi connectivity index (χ2v) is 7.84. The van der Waals surface area contributed by atoms with Gasteiger partial charge in [-0.1, -0.05) is 6.07 Å². The fourth-order valence-electron chi connectivity index (χ4n) is 2.53. The third kappa shape index (κ3) is 3.92. The van der Waals surface area contributed by atoms with Crippen LogP contribution in [-0.2, 0) is 15.6 Å². The number of fused-ring (bicyclic) bond motifs is 1. The number of hydrogen-bond acceptors (Lipinski definition) is 6. The zero-order valence-corrected chi connectivity index (χ0v) is 15.4. The molecular formula is C18H21NO6S. The first-order valence-corrected chi connectivity index (χ1v) is 9.65. The summed E-state index contributed by atoms with van der Waals surface area (Å²) in [6.45, 7) is 3.83. The zero-order valence-electron chi connectivity index (χ0n) is 14.6. The molecule has 0 fully saturated rings. The van der Waals surface area contributed by atoms with Gasteiger partial charge in [0.15, 0.2) is 11.5 Å². The molecule has 0 amide bonds. The molecule has 140 valence electrons. The van der Waals surface area contributed by atoms with E-state index in [1.807, 2.05) is 6.92 Å². The summed E-state index contributed by atoms with van der Waals surface area (Å²) in [7, 11) is -3.77. The number of benzene rings is 2. The molecule has 0 saturated carbocycles. The Morgan fingerprint density at radius 3 is 2.54 bits per heavy atom. The van der Waals surface area contributed by atoms with Gasteiger partial charge in [0.2, 0.25) is 16.8 Å². The van der Waals surface area contributed by atoms with Crippen LogP contribution in [0.1, 0.15) is 19.4 Å². The van der Waals surface area contributed by atoms with Crippen LogP contribution in [0.25, 0.3) is 0 Å². The van der Waals surface area contributed by atoms with E-state index in [0.29, 0.717) is 29.4 Å². The van der Waals surface area contributed by atoms with Crippen molar-refractivity contribution in [2.75, 3.05) is 19.9 Å². The molecule has 8 heteroatoms. The van der Waals surface area contributed by atoms with Gasteiger partial charge in [-0.2, -0.15) is 0 Å². The van der Waals surface area contributed by atoms with Crippen molar-refractivity contribution in [3.8, 4) is 17.2 Å². The second kappa shape index (κ2) is 7.14. The van der Waals surface area contributed by atoms with Gasteiger partial charge in [-0.15, -0.1) is 0 Å². The summed E-state index contributed by atoms with van der Waals surface area (Å²) in [6, 6.07) is 11.1. The summed E-state index contributed by atoms with van der Waals surface area (Å²) < 4.78 is 43.2. The van der Waals surface area contributed by atoms with E-state index in [2.05, 4.69) is 4.72 Å². The van der Waals surface area contributed by atoms with Crippen LogP contribution < -0.4 is 18.9 Å². The average molecular weight is 379 g/mol. The zero-order chi connectivity index (χ0) is 18.8. The molecule has 2 N–H and O–H groups in total. The largest absolute Gasteiger partial charge is 0.494 e. The highest BCUT2D eigenvalue weighted by Crippen LogP contribution is 2.35. The van der Waals surface area contributed by atoms with Gasteiger partial charge in [0.1, 0.15) is 11.4 Å². The standard InChI is InChI=1S/C18H21NO6S/c1-3-23-14-5-7-15(8-6-14)26(21,22)19-11-18(2,20)13-4-9-16-17(10-13)25-12-24-16/h4-10,19-20H,3,11-12H2,1-2H3. The molecule has 3 rings (SSSR count). The topological polar surface area (TPSA) is 94.1 Å². The van der Waals surface area contributed by atoms with Crippen molar-refractivity contribution >= 4 is 10.0 Å². The fraction of sp³-hybridized carbons (Fsp3) is 0.333. The molecule has 26 heavy (non-hydrogen) atoms. The first-order valence-electron chi connectivity index (χ1n) is 8.17. The Labute approximate surface area is 152 Å². The summed E-state index contributed by atoms with van der Waals surface area (Å²) in [5.41, 5.74) is -0.893. The lowest BCUT2D eigenvalue weighted by Gasteiger charge is -2.24.